The van der Waals surface area contributed by atoms with Gasteiger partial charge in [0.2, 0.25) is 0 Å². The molecule has 0 N–H and O–H groups in total. The minimum Gasteiger partial charge on any atom is -0.459 e. The highest BCUT2D eigenvalue weighted by Crippen LogP contribution is 2.24. The number of benzene rings is 1. The lowest BCUT2D eigenvalue weighted by Crippen LogP contribution is -2.37. The molecule has 4 nitrogen and oxygen atoms in total. The first kappa shape index (κ1) is 14.3. The first-order valence-electron chi connectivity index (χ1n) is 7.49. The minimum atomic E-state index is -0.312. The molecule has 21 heavy (non-hydrogen) atoms. The predicted molar refractivity (Wildman–Crippen MR) is 78.1 cm³/mol. The average Bonchev–Trinajstić information content (AvgIpc) is 2.75. The zero-order valence-electron chi connectivity index (χ0n) is 11.9. The van der Waals surface area contributed by atoms with Crippen molar-refractivity contribution in [2.45, 2.75) is 37.6 Å². The van der Waals surface area contributed by atoms with E-state index in [2.05, 4.69) is 6.08 Å². The van der Waals surface area contributed by atoms with Crippen molar-refractivity contribution in [3.05, 3.63) is 48.0 Å². The summed E-state index contributed by atoms with van der Waals surface area (Å²) in [6.45, 7) is 1.06. The summed E-state index contributed by atoms with van der Waals surface area (Å²) in [4.78, 5) is 11.9. The van der Waals surface area contributed by atoms with Gasteiger partial charge in [-0.05, 0) is 31.4 Å². The molecule has 4 heteroatoms. The Morgan fingerprint density at radius 2 is 2.10 bits per heavy atom. The van der Waals surface area contributed by atoms with Crippen LogP contribution in [0.4, 0.5) is 0 Å². The molecule has 0 aliphatic carbocycles. The standard InChI is InChI=1S/C17H20O4/c18-17(13-6-2-1-3-7-13)20-12-14-8-4-9-15-16(21-14)10-5-11-19-15/h1-4,6-8,14-16H,5,9-12H2/t14-,15+,16-/m1/s1. The van der Waals surface area contributed by atoms with E-state index in [9.17, 15) is 4.79 Å². The summed E-state index contributed by atoms with van der Waals surface area (Å²) in [5.41, 5.74) is 0.564. The molecule has 2 aliphatic heterocycles. The van der Waals surface area contributed by atoms with Crippen LogP contribution >= 0.6 is 0 Å². The van der Waals surface area contributed by atoms with Gasteiger partial charge in [-0.15, -0.1) is 0 Å². The molecule has 3 atom stereocenters. The molecule has 1 fully saturated rings. The Bertz CT molecular complexity index is 497. The smallest absolute Gasteiger partial charge is 0.338 e. The lowest BCUT2D eigenvalue weighted by molar-refractivity contribution is -0.122. The summed E-state index contributed by atoms with van der Waals surface area (Å²) < 4.78 is 17.1. The van der Waals surface area contributed by atoms with E-state index in [1.165, 1.54) is 0 Å². The van der Waals surface area contributed by atoms with Crippen molar-refractivity contribution in [3.63, 3.8) is 0 Å². The molecule has 2 heterocycles. The van der Waals surface area contributed by atoms with Crippen LogP contribution in [0.3, 0.4) is 0 Å². The predicted octanol–water partition coefficient (Wildman–Crippen LogP) is 2.74. The second kappa shape index (κ2) is 6.87. The van der Waals surface area contributed by atoms with Gasteiger partial charge >= 0.3 is 5.97 Å². The molecule has 2 aliphatic rings. The van der Waals surface area contributed by atoms with Crippen molar-refractivity contribution < 1.29 is 19.0 Å². The Labute approximate surface area is 124 Å². The van der Waals surface area contributed by atoms with Crippen LogP contribution in [0.1, 0.15) is 29.6 Å². The van der Waals surface area contributed by atoms with Crippen molar-refractivity contribution in [3.8, 4) is 0 Å². The molecule has 112 valence electrons. The molecule has 0 saturated carbocycles. The van der Waals surface area contributed by atoms with Crippen molar-refractivity contribution in [1.29, 1.82) is 0 Å². The SMILES string of the molecule is O=C(OC[C@H]1C=CC[C@@H]2OCCC[C@H]2O1)c1ccccc1. The lowest BCUT2D eigenvalue weighted by atomic mass is 10.0. The highest BCUT2D eigenvalue weighted by Gasteiger charge is 2.30. The van der Waals surface area contributed by atoms with E-state index in [-0.39, 0.29) is 30.9 Å². The second-order valence-corrected chi connectivity index (χ2v) is 5.39. The summed E-state index contributed by atoms with van der Waals surface area (Å²) in [5, 5.41) is 0. The van der Waals surface area contributed by atoms with Crippen molar-refractivity contribution in [2.24, 2.45) is 0 Å². The molecule has 0 bridgehead atoms. The summed E-state index contributed by atoms with van der Waals surface area (Å²) in [6.07, 6.45) is 7.01. The molecule has 0 unspecified atom stereocenters. The van der Waals surface area contributed by atoms with E-state index in [4.69, 9.17) is 14.2 Å². The monoisotopic (exact) mass is 288 g/mol. The van der Waals surface area contributed by atoms with Gasteiger partial charge in [-0.3, -0.25) is 0 Å². The van der Waals surface area contributed by atoms with Gasteiger partial charge in [-0.2, -0.15) is 0 Å². The Hall–Kier alpha value is -1.65. The van der Waals surface area contributed by atoms with E-state index >= 15 is 0 Å². The zero-order valence-corrected chi connectivity index (χ0v) is 11.9. The van der Waals surface area contributed by atoms with Gasteiger partial charge in [0.05, 0.1) is 17.8 Å². The van der Waals surface area contributed by atoms with E-state index in [1.54, 1.807) is 12.1 Å². The molecule has 3 rings (SSSR count). The van der Waals surface area contributed by atoms with E-state index in [0.717, 1.165) is 25.9 Å². The topological polar surface area (TPSA) is 44.8 Å². The quantitative estimate of drug-likeness (QED) is 0.633. The van der Waals surface area contributed by atoms with E-state index in [0.29, 0.717) is 5.56 Å². The number of esters is 1. The summed E-state index contributed by atoms with van der Waals surface area (Å²) in [5.74, 6) is -0.312. The average molecular weight is 288 g/mol. The number of ether oxygens (including phenoxy) is 3. The summed E-state index contributed by atoms with van der Waals surface area (Å²) in [6, 6.07) is 9.01. The largest absolute Gasteiger partial charge is 0.459 e. The first-order chi connectivity index (χ1) is 10.3. The van der Waals surface area contributed by atoms with Gasteiger partial charge in [-0.25, -0.2) is 4.79 Å². The third-order valence-electron chi connectivity index (χ3n) is 3.84. The second-order valence-electron chi connectivity index (χ2n) is 5.39. The Kier molecular flexibility index (Phi) is 4.68. The van der Waals surface area contributed by atoms with Gasteiger partial charge in [0.25, 0.3) is 0 Å². The fraction of sp³-hybridized carbons (Fsp3) is 0.471. The van der Waals surface area contributed by atoms with Gasteiger partial charge in [0.15, 0.2) is 0 Å². The van der Waals surface area contributed by atoms with Crippen LogP contribution in [-0.2, 0) is 14.2 Å². The summed E-state index contributed by atoms with van der Waals surface area (Å²) >= 11 is 0. The third kappa shape index (κ3) is 3.71. The molecular formula is C17H20O4. The van der Waals surface area contributed by atoms with Crippen LogP contribution in [0, 0.1) is 0 Å². The maximum atomic E-state index is 11.9. The fourth-order valence-corrected chi connectivity index (χ4v) is 2.73. The van der Waals surface area contributed by atoms with Crippen molar-refractivity contribution >= 4 is 5.97 Å². The lowest BCUT2D eigenvalue weighted by Gasteiger charge is -2.31. The highest BCUT2D eigenvalue weighted by atomic mass is 16.6. The van der Waals surface area contributed by atoms with Crippen LogP contribution in [0.5, 0.6) is 0 Å². The van der Waals surface area contributed by atoms with Crippen molar-refractivity contribution in [2.75, 3.05) is 13.2 Å². The van der Waals surface area contributed by atoms with Crippen LogP contribution in [-0.4, -0.2) is 37.5 Å². The van der Waals surface area contributed by atoms with E-state index in [1.807, 2.05) is 24.3 Å². The Morgan fingerprint density at radius 1 is 1.24 bits per heavy atom. The number of carbonyl (C=O) groups is 1. The Balaban J connectivity index is 1.54. The third-order valence-corrected chi connectivity index (χ3v) is 3.84. The normalized spacial score (nSPS) is 28.5. The zero-order chi connectivity index (χ0) is 14.5. The Morgan fingerprint density at radius 3 is 2.95 bits per heavy atom. The number of hydrogen-bond donors (Lipinski definition) is 0. The van der Waals surface area contributed by atoms with Gasteiger partial charge < -0.3 is 14.2 Å². The first-order valence-corrected chi connectivity index (χ1v) is 7.49. The van der Waals surface area contributed by atoms with Crippen molar-refractivity contribution in [1.82, 2.24) is 0 Å². The minimum absolute atomic E-state index is 0.106. The molecule has 1 aromatic rings. The summed E-state index contributed by atoms with van der Waals surface area (Å²) in [7, 11) is 0. The van der Waals surface area contributed by atoms with Gasteiger partial charge in [0.1, 0.15) is 12.7 Å². The maximum Gasteiger partial charge on any atom is 0.338 e. The molecule has 0 radical (unpaired) electrons. The van der Waals surface area contributed by atoms with Crippen LogP contribution in [0.15, 0.2) is 42.5 Å². The number of carbonyl (C=O) groups excluding carboxylic acids is 1. The van der Waals surface area contributed by atoms with Crippen LogP contribution in [0.25, 0.3) is 0 Å². The van der Waals surface area contributed by atoms with Crippen LogP contribution < -0.4 is 0 Å². The van der Waals surface area contributed by atoms with Gasteiger partial charge in [0, 0.05) is 6.61 Å². The molecule has 1 saturated heterocycles. The molecule has 1 aromatic carbocycles. The molecule has 0 aromatic heterocycles. The number of rotatable bonds is 3. The molecule has 0 spiro atoms. The highest BCUT2D eigenvalue weighted by molar-refractivity contribution is 5.89. The van der Waals surface area contributed by atoms with E-state index < -0.39 is 0 Å². The molecule has 0 amide bonds. The van der Waals surface area contributed by atoms with Gasteiger partial charge in [-0.1, -0.05) is 30.4 Å². The fourth-order valence-electron chi connectivity index (χ4n) is 2.73. The maximum absolute atomic E-state index is 11.9. The number of hydrogen-bond acceptors (Lipinski definition) is 4. The number of fused-ring (bicyclic) bond motifs is 1. The molecular weight excluding hydrogens is 268 g/mol. The van der Waals surface area contributed by atoms with Crippen LogP contribution in [0.2, 0.25) is 0 Å².